The maximum atomic E-state index is 5.99. The number of nitrogen functional groups attached to an aromatic ring is 1. The van der Waals surface area contributed by atoms with Crippen LogP contribution in [0, 0.1) is 0 Å². The van der Waals surface area contributed by atoms with Crippen LogP contribution in [-0.4, -0.2) is 18.3 Å². The molecule has 0 aliphatic heterocycles. The van der Waals surface area contributed by atoms with Gasteiger partial charge >= 0.3 is 0 Å². The lowest BCUT2D eigenvalue weighted by atomic mass is 10.2. The molecule has 1 aromatic heterocycles. The number of hydrogen-bond donors (Lipinski definition) is 2. The van der Waals surface area contributed by atoms with Crippen molar-refractivity contribution in [3.05, 3.63) is 64.0 Å². The number of aromatic nitrogens is 1. The highest BCUT2D eigenvalue weighted by Crippen LogP contribution is 2.28. The number of halogens is 1. The predicted molar refractivity (Wildman–Crippen MR) is 107 cm³/mol. The molecule has 0 spiro atoms. The molecular formula is C18H17ClN4O2S. The van der Waals surface area contributed by atoms with Gasteiger partial charge in [-0.3, -0.25) is 5.43 Å². The Hall–Kier alpha value is -2.77. The average Bonchev–Trinajstić information content (AvgIpc) is 3.05. The Morgan fingerprint density at radius 2 is 2.15 bits per heavy atom. The average molecular weight is 389 g/mol. The molecule has 0 unspecified atom stereocenters. The molecule has 0 saturated carbocycles. The van der Waals surface area contributed by atoms with Crippen LogP contribution in [0.3, 0.4) is 0 Å². The van der Waals surface area contributed by atoms with E-state index < -0.39 is 0 Å². The second-order valence-electron chi connectivity index (χ2n) is 5.28. The third-order valence-electron chi connectivity index (χ3n) is 3.37. The first-order valence-electron chi connectivity index (χ1n) is 7.69. The number of anilines is 2. The van der Waals surface area contributed by atoms with Crippen molar-refractivity contribution in [2.75, 3.05) is 18.3 Å². The van der Waals surface area contributed by atoms with E-state index in [0.717, 1.165) is 11.1 Å². The molecule has 0 aliphatic carbocycles. The minimum Gasteiger partial charge on any atom is -0.493 e. The number of methoxy groups -OCH3 is 1. The molecule has 0 aliphatic rings. The third-order valence-corrected chi connectivity index (χ3v) is 4.37. The van der Waals surface area contributed by atoms with E-state index in [1.165, 1.54) is 11.3 Å². The molecule has 0 amide bonds. The summed E-state index contributed by atoms with van der Waals surface area (Å²) in [7, 11) is 1.60. The molecule has 3 N–H and O–H groups in total. The van der Waals surface area contributed by atoms with Crippen LogP contribution in [0.2, 0.25) is 5.02 Å². The molecule has 3 rings (SSSR count). The first-order valence-corrected chi connectivity index (χ1v) is 8.95. The van der Waals surface area contributed by atoms with Crippen molar-refractivity contribution in [3.63, 3.8) is 0 Å². The first kappa shape index (κ1) is 18.0. The molecule has 0 fully saturated rings. The molecule has 0 bridgehead atoms. The number of benzene rings is 2. The van der Waals surface area contributed by atoms with Gasteiger partial charge in [0.15, 0.2) is 11.5 Å². The van der Waals surface area contributed by atoms with E-state index in [-0.39, 0.29) is 0 Å². The zero-order chi connectivity index (χ0) is 18.4. The van der Waals surface area contributed by atoms with E-state index in [2.05, 4.69) is 15.5 Å². The normalized spacial score (nSPS) is 10.8. The lowest BCUT2D eigenvalue weighted by Gasteiger charge is -2.11. The highest BCUT2D eigenvalue weighted by atomic mass is 35.5. The molecular weight excluding hydrogens is 372 g/mol. The van der Waals surface area contributed by atoms with Crippen molar-refractivity contribution in [2.45, 2.75) is 6.61 Å². The summed E-state index contributed by atoms with van der Waals surface area (Å²) in [6.45, 7) is 0.400. The molecule has 3 aromatic rings. The second kappa shape index (κ2) is 8.55. The summed E-state index contributed by atoms with van der Waals surface area (Å²) < 4.78 is 11.2. The van der Waals surface area contributed by atoms with Crippen LogP contribution in [0.1, 0.15) is 11.1 Å². The fourth-order valence-corrected chi connectivity index (χ4v) is 2.93. The van der Waals surface area contributed by atoms with Crippen molar-refractivity contribution in [1.82, 2.24) is 4.98 Å². The topological polar surface area (TPSA) is 81.8 Å². The van der Waals surface area contributed by atoms with Gasteiger partial charge in [0.25, 0.3) is 0 Å². The molecule has 0 saturated heterocycles. The van der Waals surface area contributed by atoms with Gasteiger partial charge in [-0.1, -0.05) is 23.7 Å². The van der Waals surface area contributed by atoms with Crippen LogP contribution < -0.4 is 20.6 Å². The van der Waals surface area contributed by atoms with Gasteiger partial charge in [-0.15, -0.1) is 11.3 Å². The molecule has 26 heavy (non-hydrogen) atoms. The summed E-state index contributed by atoms with van der Waals surface area (Å²) in [5, 5.41) is 7.19. The molecule has 2 aromatic carbocycles. The highest BCUT2D eigenvalue weighted by molar-refractivity contribution is 7.14. The monoisotopic (exact) mass is 388 g/mol. The van der Waals surface area contributed by atoms with Crippen molar-refractivity contribution in [1.29, 1.82) is 0 Å². The van der Waals surface area contributed by atoms with Crippen LogP contribution in [-0.2, 0) is 6.61 Å². The highest BCUT2D eigenvalue weighted by Gasteiger charge is 2.06. The van der Waals surface area contributed by atoms with Gasteiger partial charge in [0, 0.05) is 10.4 Å². The van der Waals surface area contributed by atoms with Crippen LogP contribution in [0.4, 0.5) is 10.9 Å². The smallest absolute Gasteiger partial charge is 0.205 e. The van der Waals surface area contributed by atoms with Crippen LogP contribution >= 0.6 is 22.9 Å². The van der Waals surface area contributed by atoms with Gasteiger partial charge in [-0.25, -0.2) is 4.98 Å². The number of nitrogens with zero attached hydrogens (tertiary/aromatic N) is 2. The maximum Gasteiger partial charge on any atom is 0.205 e. The molecule has 0 atom stereocenters. The van der Waals surface area contributed by atoms with Gasteiger partial charge < -0.3 is 15.2 Å². The Balaban J connectivity index is 1.65. The fourth-order valence-electron chi connectivity index (χ4n) is 2.17. The lowest BCUT2D eigenvalue weighted by molar-refractivity contribution is 0.284. The van der Waals surface area contributed by atoms with Gasteiger partial charge in [-0.05, 0) is 41.5 Å². The molecule has 0 radical (unpaired) electrons. The van der Waals surface area contributed by atoms with Gasteiger partial charge in [0.1, 0.15) is 12.4 Å². The second-order valence-corrected chi connectivity index (χ2v) is 6.57. The Labute approximate surface area is 160 Å². The van der Waals surface area contributed by atoms with Gasteiger partial charge in [0.2, 0.25) is 5.13 Å². The molecule has 134 valence electrons. The van der Waals surface area contributed by atoms with E-state index in [0.29, 0.717) is 34.1 Å². The zero-order valence-corrected chi connectivity index (χ0v) is 15.6. The van der Waals surface area contributed by atoms with Crippen molar-refractivity contribution in [2.24, 2.45) is 5.10 Å². The Morgan fingerprint density at radius 1 is 1.27 bits per heavy atom. The standard InChI is InChI=1S/C18H17ClN4O2S/c1-24-16-8-12(9-21-23-18-22-17(20)11-26-18)5-6-15(16)25-10-13-3-2-4-14(19)7-13/h2-9,11H,10,20H2,1H3,(H,22,23). The lowest BCUT2D eigenvalue weighted by Crippen LogP contribution is -1.98. The zero-order valence-electron chi connectivity index (χ0n) is 14.0. The number of thiazole rings is 1. The number of nitrogens with two attached hydrogens (primary N) is 1. The van der Waals surface area contributed by atoms with E-state index in [1.807, 2.05) is 42.5 Å². The summed E-state index contributed by atoms with van der Waals surface area (Å²) in [6.07, 6.45) is 1.67. The Kier molecular flexibility index (Phi) is 5.93. The fraction of sp³-hybridized carbons (Fsp3) is 0.111. The van der Waals surface area contributed by atoms with Crippen LogP contribution in [0.5, 0.6) is 11.5 Å². The van der Waals surface area contributed by atoms with E-state index >= 15 is 0 Å². The van der Waals surface area contributed by atoms with Gasteiger partial charge in [0.05, 0.1) is 13.3 Å². The quantitative estimate of drug-likeness (QED) is 0.462. The third kappa shape index (κ3) is 4.87. The number of nitrogens with one attached hydrogen (secondary N) is 1. The molecule has 8 heteroatoms. The molecule has 6 nitrogen and oxygen atoms in total. The summed E-state index contributed by atoms with van der Waals surface area (Å²) >= 11 is 7.37. The SMILES string of the molecule is COc1cc(C=NNc2nc(N)cs2)ccc1OCc1cccc(Cl)c1. The maximum absolute atomic E-state index is 5.99. The minimum atomic E-state index is 0.400. The Morgan fingerprint density at radius 3 is 2.88 bits per heavy atom. The Bertz CT molecular complexity index is 914. The number of rotatable bonds is 7. The van der Waals surface area contributed by atoms with Crippen molar-refractivity contribution >= 4 is 40.1 Å². The van der Waals surface area contributed by atoms with E-state index in [9.17, 15) is 0 Å². The summed E-state index contributed by atoms with van der Waals surface area (Å²) in [6, 6.07) is 13.1. The summed E-state index contributed by atoms with van der Waals surface area (Å²) in [5.41, 5.74) is 10.2. The van der Waals surface area contributed by atoms with Crippen molar-refractivity contribution in [3.8, 4) is 11.5 Å². The van der Waals surface area contributed by atoms with E-state index in [4.69, 9.17) is 26.8 Å². The van der Waals surface area contributed by atoms with Crippen LogP contribution in [0.15, 0.2) is 52.9 Å². The number of hydrogen-bond acceptors (Lipinski definition) is 7. The number of hydrazone groups is 1. The number of ether oxygens (including phenoxy) is 2. The minimum absolute atomic E-state index is 0.400. The summed E-state index contributed by atoms with van der Waals surface area (Å²) in [4.78, 5) is 4.07. The van der Waals surface area contributed by atoms with Crippen molar-refractivity contribution < 1.29 is 9.47 Å². The summed E-state index contributed by atoms with van der Waals surface area (Å²) in [5.74, 6) is 1.73. The largest absolute Gasteiger partial charge is 0.493 e. The predicted octanol–water partition coefficient (Wildman–Crippen LogP) is 4.41. The van der Waals surface area contributed by atoms with Crippen LogP contribution in [0.25, 0.3) is 0 Å². The van der Waals surface area contributed by atoms with Gasteiger partial charge in [-0.2, -0.15) is 5.10 Å². The van der Waals surface area contributed by atoms with E-state index in [1.54, 1.807) is 18.7 Å². The first-order chi connectivity index (χ1) is 12.6. The molecule has 1 heterocycles.